The molecule has 7 nitrogen and oxygen atoms in total. The average molecular weight is 358 g/mol. The number of benzene rings is 1. The molecule has 0 saturated carbocycles. The Morgan fingerprint density at radius 2 is 2.15 bits per heavy atom. The Bertz CT molecular complexity index is 889. The van der Waals surface area contributed by atoms with Crippen molar-refractivity contribution in [1.82, 2.24) is 4.90 Å². The molecule has 0 bridgehead atoms. The van der Waals surface area contributed by atoms with E-state index in [0.717, 1.165) is 17.4 Å². The van der Waals surface area contributed by atoms with E-state index < -0.39 is 5.63 Å². The summed E-state index contributed by atoms with van der Waals surface area (Å²) in [6.45, 7) is 4.73. The molecule has 0 spiro atoms. The van der Waals surface area contributed by atoms with Crippen LogP contribution in [0, 0.1) is 6.92 Å². The molecule has 1 atom stereocenters. The first-order valence-corrected chi connectivity index (χ1v) is 8.73. The molecule has 0 unspecified atom stereocenters. The van der Waals surface area contributed by atoms with Gasteiger partial charge < -0.3 is 14.5 Å². The van der Waals surface area contributed by atoms with E-state index in [1.807, 2.05) is 11.8 Å². The number of fused-ring (bicyclic) bond motifs is 1. The normalized spacial score (nSPS) is 17.4. The molecule has 1 aliphatic rings. The first-order valence-electron chi connectivity index (χ1n) is 8.73. The lowest BCUT2D eigenvalue weighted by Gasteiger charge is -2.22. The van der Waals surface area contributed by atoms with Crippen LogP contribution in [-0.2, 0) is 14.3 Å². The number of amides is 1. The highest BCUT2D eigenvalue weighted by atomic mass is 16.5. The van der Waals surface area contributed by atoms with Crippen LogP contribution in [0.1, 0.15) is 25.3 Å². The van der Waals surface area contributed by atoms with Crippen LogP contribution in [0.25, 0.3) is 11.0 Å². The van der Waals surface area contributed by atoms with Gasteiger partial charge in [-0.05, 0) is 50.9 Å². The van der Waals surface area contributed by atoms with E-state index in [0.29, 0.717) is 30.8 Å². The summed E-state index contributed by atoms with van der Waals surface area (Å²) in [5.41, 5.74) is 1.37. The molecule has 1 N–H and O–H groups in total. The number of hydrogen-bond donors (Lipinski definition) is 1. The zero-order chi connectivity index (χ0) is 18.7. The first kappa shape index (κ1) is 18.1. The van der Waals surface area contributed by atoms with E-state index in [1.165, 1.54) is 6.07 Å². The molecule has 7 heteroatoms. The minimum atomic E-state index is -0.423. The van der Waals surface area contributed by atoms with Crippen molar-refractivity contribution < 1.29 is 18.7 Å². The maximum atomic E-state index is 12.4. The third-order valence-electron chi connectivity index (χ3n) is 4.50. The fourth-order valence-electron chi connectivity index (χ4n) is 3.31. The summed E-state index contributed by atoms with van der Waals surface area (Å²) in [7, 11) is 0. The molecule has 1 aromatic heterocycles. The number of nitrogens with zero attached hydrogens (tertiary/aromatic N) is 1. The van der Waals surface area contributed by atoms with E-state index >= 15 is 0 Å². The van der Waals surface area contributed by atoms with Gasteiger partial charge in [0.2, 0.25) is 5.91 Å². The predicted octanol–water partition coefficient (Wildman–Crippen LogP) is 2.07. The van der Waals surface area contributed by atoms with Crippen molar-refractivity contribution in [2.24, 2.45) is 0 Å². The van der Waals surface area contributed by atoms with E-state index in [1.54, 1.807) is 25.1 Å². The molecule has 2 heterocycles. The number of likely N-dealkylation sites (tertiary alicyclic amines) is 1. The lowest BCUT2D eigenvalue weighted by molar-refractivity contribution is -0.148. The highest BCUT2D eigenvalue weighted by Gasteiger charge is 2.32. The molecule has 26 heavy (non-hydrogen) atoms. The van der Waals surface area contributed by atoms with Crippen molar-refractivity contribution >= 4 is 28.5 Å². The second kappa shape index (κ2) is 7.70. The molecule has 1 amide bonds. The topological polar surface area (TPSA) is 88.9 Å². The molecule has 0 radical (unpaired) electrons. The molecule has 2 aromatic rings. The van der Waals surface area contributed by atoms with Crippen molar-refractivity contribution in [3.63, 3.8) is 0 Å². The summed E-state index contributed by atoms with van der Waals surface area (Å²) >= 11 is 0. The number of ether oxygens (including phenoxy) is 1. The Morgan fingerprint density at radius 1 is 1.35 bits per heavy atom. The van der Waals surface area contributed by atoms with Gasteiger partial charge in [0.25, 0.3) is 0 Å². The van der Waals surface area contributed by atoms with Gasteiger partial charge in [-0.3, -0.25) is 14.5 Å². The van der Waals surface area contributed by atoms with Gasteiger partial charge in [-0.25, -0.2) is 4.79 Å². The molecular weight excluding hydrogens is 336 g/mol. The van der Waals surface area contributed by atoms with E-state index in [9.17, 15) is 14.4 Å². The van der Waals surface area contributed by atoms with Crippen molar-refractivity contribution in [3.05, 3.63) is 40.2 Å². The molecular formula is C19H22N2O5. The van der Waals surface area contributed by atoms with E-state index in [2.05, 4.69) is 5.32 Å². The Labute approximate surface area is 150 Å². The Hall–Kier alpha value is -2.67. The van der Waals surface area contributed by atoms with Gasteiger partial charge in [0.15, 0.2) is 0 Å². The molecule has 0 aliphatic carbocycles. The van der Waals surface area contributed by atoms with Crippen molar-refractivity contribution in [2.45, 2.75) is 32.7 Å². The Morgan fingerprint density at radius 3 is 2.92 bits per heavy atom. The van der Waals surface area contributed by atoms with Crippen LogP contribution in [0.5, 0.6) is 0 Å². The maximum Gasteiger partial charge on any atom is 0.336 e. The van der Waals surface area contributed by atoms with Crippen LogP contribution in [0.4, 0.5) is 5.69 Å². The van der Waals surface area contributed by atoms with Crippen LogP contribution in [0.3, 0.4) is 0 Å². The third-order valence-corrected chi connectivity index (χ3v) is 4.50. The first-order chi connectivity index (χ1) is 12.5. The van der Waals surface area contributed by atoms with Gasteiger partial charge in [-0.2, -0.15) is 0 Å². The number of carbonyl (C=O) groups excluding carboxylic acids is 2. The summed E-state index contributed by atoms with van der Waals surface area (Å²) in [6.07, 6.45) is 1.56. The monoisotopic (exact) mass is 358 g/mol. The van der Waals surface area contributed by atoms with Gasteiger partial charge >= 0.3 is 11.6 Å². The Balaban J connectivity index is 1.69. The highest BCUT2D eigenvalue weighted by Crippen LogP contribution is 2.22. The van der Waals surface area contributed by atoms with E-state index in [-0.39, 0.29) is 24.5 Å². The number of rotatable bonds is 5. The highest BCUT2D eigenvalue weighted by molar-refractivity contribution is 5.95. The van der Waals surface area contributed by atoms with Crippen molar-refractivity contribution in [3.8, 4) is 0 Å². The summed E-state index contributed by atoms with van der Waals surface area (Å²) in [6, 6.07) is 6.27. The molecule has 1 aromatic carbocycles. The van der Waals surface area contributed by atoms with Gasteiger partial charge in [0.1, 0.15) is 11.6 Å². The van der Waals surface area contributed by atoms with Crippen molar-refractivity contribution in [1.29, 1.82) is 0 Å². The molecule has 1 aliphatic heterocycles. The van der Waals surface area contributed by atoms with Gasteiger partial charge in [0.05, 0.1) is 13.2 Å². The second-order valence-corrected chi connectivity index (χ2v) is 6.39. The minimum Gasteiger partial charge on any atom is -0.465 e. The lowest BCUT2D eigenvalue weighted by Crippen LogP contribution is -2.41. The number of nitrogens with one attached hydrogen (secondary N) is 1. The summed E-state index contributed by atoms with van der Waals surface area (Å²) in [5, 5.41) is 3.62. The fourth-order valence-corrected chi connectivity index (χ4v) is 3.31. The summed E-state index contributed by atoms with van der Waals surface area (Å²) < 4.78 is 10.3. The van der Waals surface area contributed by atoms with Gasteiger partial charge in [0, 0.05) is 23.2 Å². The van der Waals surface area contributed by atoms with Gasteiger partial charge in [-0.15, -0.1) is 0 Å². The smallest absolute Gasteiger partial charge is 0.336 e. The van der Waals surface area contributed by atoms with Gasteiger partial charge in [-0.1, -0.05) is 0 Å². The zero-order valence-corrected chi connectivity index (χ0v) is 14.9. The quantitative estimate of drug-likeness (QED) is 0.650. The maximum absolute atomic E-state index is 12.4. The summed E-state index contributed by atoms with van der Waals surface area (Å²) in [4.78, 5) is 37.7. The number of hydrogen-bond acceptors (Lipinski definition) is 6. The van der Waals surface area contributed by atoms with Crippen LogP contribution in [0.15, 0.2) is 33.5 Å². The second-order valence-electron chi connectivity index (χ2n) is 6.39. The van der Waals surface area contributed by atoms with Crippen LogP contribution in [0.2, 0.25) is 0 Å². The SMILES string of the molecule is CCOC(=O)[C@H]1CCCN1CC(=O)Nc1ccc2c(C)cc(=O)oc2c1. The fraction of sp³-hybridized carbons (Fsp3) is 0.421. The van der Waals surface area contributed by atoms with E-state index in [4.69, 9.17) is 9.15 Å². The molecule has 1 fully saturated rings. The predicted molar refractivity (Wildman–Crippen MR) is 97.1 cm³/mol. The molecule has 138 valence electrons. The average Bonchev–Trinajstić information content (AvgIpc) is 3.02. The van der Waals surface area contributed by atoms with Crippen LogP contribution < -0.4 is 10.9 Å². The van der Waals surface area contributed by atoms with Crippen LogP contribution >= 0.6 is 0 Å². The number of esters is 1. The zero-order valence-electron chi connectivity index (χ0n) is 14.9. The number of carbonyl (C=O) groups is 2. The minimum absolute atomic E-state index is 0.110. The largest absolute Gasteiger partial charge is 0.465 e. The summed E-state index contributed by atoms with van der Waals surface area (Å²) in [5.74, 6) is -0.503. The lowest BCUT2D eigenvalue weighted by atomic mass is 10.1. The Kier molecular flexibility index (Phi) is 5.37. The molecule has 1 saturated heterocycles. The molecule has 3 rings (SSSR count). The standard InChI is InChI=1S/C19H22N2O5/c1-3-25-19(24)15-5-4-8-21(15)11-17(22)20-13-6-7-14-12(2)9-18(23)26-16(14)10-13/h6-7,9-10,15H,3-5,8,11H2,1-2H3,(H,20,22)/t15-/m1/s1. The third kappa shape index (κ3) is 3.94. The van der Waals surface area contributed by atoms with Crippen molar-refractivity contribution in [2.75, 3.05) is 25.0 Å². The number of aryl methyl sites for hydroxylation is 1. The number of anilines is 1. The van der Waals surface area contributed by atoms with Crippen LogP contribution in [-0.4, -0.2) is 42.5 Å².